The fourth-order valence-electron chi connectivity index (χ4n) is 2.03. The Morgan fingerprint density at radius 3 is 2.38 bits per heavy atom. The van der Waals surface area contributed by atoms with E-state index in [9.17, 15) is 0 Å². The van der Waals surface area contributed by atoms with Crippen molar-refractivity contribution < 1.29 is 4.74 Å². The van der Waals surface area contributed by atoms with Crippen molar-refractivity contribution in [2.24, 2.45) is 0 Å². The van der Waals surface area contributed by atoms with E-state index in [0.29, 0.717) is 17.8 Å². The van der Waals surface area contributed by atoms with Crippen LogP contribution in [-0.4, -0.2) is 79.9 Å². The Labute approximate surface area is 125 Å². The van der Waals surface area contributed by atoms with Crippen LogP contribution in [0.15, 0.2) is 0 Å². The lowest BCUT2D eigenvalue weighted by Crippen LogP contribution is -2.39. The van der Waals surface area contributed by atoms with E-state index in [1.807, 2.05) is 25.9 Å². The van der Waals surface area contributed by atoms with Crippen molar-refractivity contribution in [1.29, 1.82) is 0 Å². The third-order valence-electron chi connectivity index (χ3n) is 3.17. The van der Waals surface area contributed by atoms with Gasteiger partial charge in [-0.15, -0.1) is 0 Å². The minimum Gasteiger partial charge on any atom is -0.379 e. The van der Waals surface area contributed by atoms with E-state index >= 15 is 0 Å². The summed E-state index contributed by atoms with van der Waals surface area (Å²) in [5.74, 6) is 1.86. The molecule has 1 aromatic rings. The van der Waals surface area contributed by atoms with Gasteiger partial charge >= 0.3 is 0 Å². The van der Waals surface area contributed by atoms with Gasteiger partial charge in [-0.2, -0.15) is 15.0 Å². The fraction of sp³-hybridized carbons (Fsp3) is 0.769. The second kappa shape index (κ2) is 7.94. The number of anilines is 3. The van der Waals surface area contributed by atoms with Crippen molar-refractivity contribution in [3.8, 4) is 0 Å². The fourth-order valence-corrected chi connectivity index (χ4v) is 2.03. The van der Waals surface area contributed by atoms with Gasteiger partial charge in [0.1, 0.15) is 0 Å². The molecule has 0 amide bonds. The molecule has 1 fully saturated rings. The average Bonchev–Trinajstić information content (AvgIpc) is 2.48. The van der Waals surface area contributed by atoms with Crippen molar-refractivity contribution in [2.45, 2.75) is 6.92 Å². The number of nitrogens with zero attached hydrogens (tertiary/aromatic N) is 5. The van der Waals surface area contributed by atoms with E-state index < -0.39 is 0 Å². The zero-order valence-corrected chi connectivity index (χ0v) is 13.1. The highest BCUT2D eigenvalue weighted by atomic mass is 16.5. The van der Waals surface area contributed by atoms with Crippen LogP contribution >= 0.6 is 0 Å². The summed E-state index contributed by atoms with van der Waals surface area (Å²) < 4.78 is 5.34. The van der Waals surface area contributed by atoms with Crippen molar-refractivity contribution in [3.63, 3.8) is 0 Å². The molecule has 2 heterocycles. The summed E-state index contributed by atoms with van der Waals surface area (Å²) >= 11 is 0. The molecule has 118 valence electrons. The minimum absolute atomic E-state index is 0.602. The smallest absolute Gasteiger partial charge is 0.231 e. The molecule has 0 radical (unpaired) electrons. The van der Waals surface area contributed by atoms with E-state index in [0.717, 1.165) is 45.9 Å². The Bertz CT molecular complexity index is 435. The van der Waals surface area contributed by atoms with Gasteiger partial charge in [0.15, 0.2) is 0 Å². The van der Waals surface area contributed by atoms with Crippen LogP contribution in [0.4, 0.5) is 17.8 Å². The third-order valence-corrected chi connectivity index (χ3v) is 3.17. The highest BCUT2D eigenvalue weighted by Gasteiger charge is 2.11. The highest BCUT2D eigenvalue weighted by molar-refractivity contribution is 5.42. The van der Waals surface area contributed by atoms with Crippen molar-refractivity contribution in [3.05, 3.63) is 0 Å². The lowest BCUT2D eigenvalue weighted by molar-refractivity contribution is 0.0398. The summed E-state index contributed by atoms with van der Waals surface area (Å²) in [6.45, 7) is 8.19. The molecule has 2 rings (SSSR count). The molecule has 2 N–H and O–H groups in total. The zero-order chi connectivity index (χ0) is 15.1. The molecule has 8 heteroatoms. The molecule has 0 unspecified atom stereocenters. The largest absolute Gasteiger partial charge is 0.379 e. The molecule has 0 atom stereocenters. The topological polar surface area (TPSA) is 78.4 Å². The third kappa shape index (κ3) is 4.98. The molecule has 8 nitrogen and oxygen atoms in total. The number of aromatic nitrogens is 3. The van der Waals surface area contributed by atoms with Crippen LogP contribution in [0.1, 0.15) is 6.92 Å². The first-order valence-electron chi connectivity index (χ1n) is 7.40. The second-order valence-corrected chi connectivity index (χ2v) is 5.09. The number of hydrogen-bond acceptors (Lipinski definition) is 8. The Balaban J connectivity index is 1.91. The Morgan fingerprint density at radius 2 is 1.76 bits per heavy atom. The molecule has 21 heavy (non-hydrogen) atoms. The first-order valence-corrected chi connectivity index (χ1v) is 7.40. The molecule has 0 aromatic carbocycles. The number of rotatable bonds is 7. The molecule has 0 bridgehead atoms. The lowest BCUT2D eigenvalue weighted by Gasteiger charge is -2.26. The quantitative estimate of drug-likeness (QED) is 0.734. The number of hydrogen-bond donors (Lipinski definition) is 2. The number of morpholine rings is 1. The summed E-state index contributed by atoms with van der Waals surface area (Å²) in [6.07, 6.45) is 0. The van der Waals surface area contributed by atoms with Crippen LogP contribution < -0.4 is 15.5 Å². The molecule has 1 aromatic heterocycles. The summed E-state index contributed by atoms with van der Waals surface area (Å²) in [5, 5.41) is 6.40. The van der Waals surface area contributed by atoms with Crippen LogP contribution in [0.2, 0.25) is 0 Å². The molecule has 1 aliphatic rings. The van der Waals surface area contributed by atoms with Gasteiger partial charge in [-0.05, 0) is 6.92 Å². The Kier molecular flexibility index (Phi) is 5.94. The van der Waals surface area contributed by atoms with Crippen LogP contribution in [0.25, 0.3) is 0 Å². The highest BCUT2D eigenvalue weighted by Crippen LogP contribution is 2.11. The summed E-state index contributed by atoms with van der Waals surface area (Å²) in [4.78, 5) is 17.4. The van der Waals surface area contributed by atoms with Crippen LogP contribution in [0.3, 0.4) is 0 Å². The Hall–Kier alpha value is -1.67. The van der Waals surface area contributed by atoms with Gasteiger partial charge in [0.2, 0.25) is 17.8 Å². The van der Waals surface area contributed by atoms with E-state index in [-0.39, 0.29) is 0 Å². The molecule has 0 aliphatic carbocycles. The van der Waals surface area contributed by atoms with E-state index in [4.69, 9.17) is 4.74 Å². The summed E-state index contributed by atoms with van der Waals surface area (Å²) in [7, 11) is 3.84. The number of ether oxygens (including phenoxy) is 1. The van der Waals surface area contributed by atoms with Gasteiger partial charge in [0.25, 0.3) is 0 Å². The number of nitrogens with one attached hydrogen (secondary N) is 2. The van der Waals surface area contributed by atoms with Crippen molar-refractivity contribution in [1.82, 2.24) is 19.9 Å². The van der Waals surface area contributed by atoms with E-state index in [1.165, 1.54) is 0 Å². The average molecular weight is 295 g/mol. The Morgan fingerprint density at radius 1 is 1.10 bits per heavy atom. The molecular weight excluding hydrogens is 270 g/mol. The van der Waals surface area contributed by atoms with Crippen molar-refractivity contribution in [2.75, 3.05) is 75.6 Å². The lowest BCUT2D eigenvalue weighted by atomic mass is 10.4. The standard InChI is InChI=1S/C13H25N7O/c1-4-14-11-16-12(18-13(17-11)19(2)3)15-5-6-20-7-9-21-10-8-20/h4-10H2,1-3H3,(H2,14,15,16,17,18). The predicted octanol–water partition coefficient (Wildman–Crippen LogP) is 0.114. The monoisotopic (exact) mass is 295 g/mol. The van der Waals surface area contributed by atoms with Gasteiger partial charge in [-0.3, -0.25) is 4.90 Å². The molecule has 0 saturated carbocycles. The summed E-state index contributed by atoms with van der Waals surface area (Å²) in [5.41, 5.74) is 0. The maximum atomic E-state index is 5.34. The molecule has 0 spiro atoms. The van der Waals surface area contributed by atoms with Crippen LogP contribution in [0, 0.1) is 0 Å². The predicted molar refractivity (Wildman–Crippen MR) is 84.1 cm³/mol. The van der Waals surface area contributed by atoms with Gasteiger partial charge in [-0.25, -0.2) is 0 Å². The normalized spacial score (nSPS) is 15.8. The van der Waals surface area contributed by atoms with Gasteiger partial charge in [0, 0.05) is 46.8 Å². The SMILES string of the molecule is CCNc1nc(NCCN2CCOCC2)nc(N(C)C)n1. The first kappa shape index (κ1) is 15.7. The molecule has 1 aliphatic heterocycles. The van der Waals surface area contributed by atoms with Gasteiger partial charge in [0.05, 0.1) is 13.2 Å². The van der Waals surface area contributed by atoms with Gasteiger partial charge < -0.3 is 20.3 Å². The van der Waals surface area contributed by atoms with Crippen LogP contribution in [-0.2, 0) is 4.74 Å². The second-order valence-electron chi connectivity index (χ2n) is 5.09. The molecule has 1 saturated heterocycles. The van der Waals surface area contributed by atoms with Crippen LogP contribution in [0.5, 0.6) is 0 Å². The maximum absolute atomic E-state index is 5.34. The molecular formula is C13H25N7O. The van der Waals surface area contributed by atoms with E-state index in [2.05, 4.69) is 30.5 Å². The summed E-state index contributed by atoms with van der Waals surface area (Å²) in [6, 6.07) is 0. The zero-order valence-electron chi connectivity index (χ0n) is 13.1. The van der Waals surface area contributed by atoms with E-state index in [1.54, 1.807) is 0 Å². The minimum atomic E-state index is 0.602. The first-order chi connectivity index (χ1) is 10.2. The van der Waals surface area contributed by atoms with Crippen molar-refractivity contribution >= 4 is 17.8 Å². The van der Waals surface area contributed by atoms with Gasteiger partial charge in [-0.1, -0.05) is 0 Å². The maximum Gasteiger partial charge on any atom is 0.231 e.